The van der Waals surface area contributed by atoms with Gasteiger partial charge in [0.25, 0.3) is 0 Å². The van der Waals surface area contributed by atoms with E-state index >= 15 is 0 Å². The van der Waals surface area contributed by atoms with E-state index in [-0.39, 0.29) is 5.91 Å². The molecule has 242 valence electrons. The first kappa shape index (κ1) is 33.4. The number of ether oxygens (including phenoxy) is 3. The van der Waals surface area contributed by atoms with Crippen LogP contribution in [0.4, 0.5) is 11.6 Å². The zero-order valence-electron chi connectivity index (χ0n) is 27.9. The van der Waals surface area contributed by atoms with Gasteiger partial charge in [0, 0.05) is 49.6 Å². The van der Waals surface area contributed by atoms with Crippen molar-refractivity contribution >= 4 is 29.7 Å². The largest absolute Gasteiger partial charge is 0.493 e. The smallest absolute Gasteiger partial charge is 0.250 e. The lowest BCUT2D eigenvalue weighted by Crippen LogP contribution is -2.37. The summed E-state index contributed by atoms with van der Waals surface area (Å²) in [6.45, 7) is 12.7. The van der Waals surface area contributed by atoms with Crippen LogP contribution in [0.25, 0.3) is 12.2 Å². The third kappa shape index (κ3) is 8.58. The van der Waals surface area contributed by atoms with E-state index in [1.165, 1.54) is 32.1 Å². The molecule has 9 nitrogen and oxygen atoms in total. The molecule has 1 heterocycles. The normalized spacial score (nSPS) is 15.2. The molecule has 0 atom stereocenters. The van der Waals surface area contributed by atoms with Crippen LogP contribution in [0.1, 0.15) is 66.2 Å². The summed E-state index contributed by atoms with van der Waals surface area (Å²) >= 11 is 0. The molecule has 4 rings (SSSR count). The molecule has 1 saturated carbocycles. The van der Waals surface area contributed by atoms with Crippen LogP contribution in [0.15, 0.2) is 23.8 Å². The van der Waals surface area contributed by atoms with Crippen molar-refractivity contribution in [3.05, 3.63) is 34.5 Å². The maximum absolute atomic E-state index is 13.7. The number of methoxy groups -OCH3 is 3. The molecule has 0 spiro atoms. The molecule has 0 saturated heterocycles. The van der Waals surface area contributed by atoms with E-state index in [1.807, 2.05) is 23.1 Å². The minimum Gasteiger partial charge on any atom is -0.493 e. The molecule has 1 fully saturated rings. The van der Waals surface area contributed by atoms with E-state index in [0.717, 1.165) is 66.5 Å². The SMILES string of the molecule is COc1cc(Nc2nc3c(n2CCNCC2CCCCC2)=CC=C(C(=O)N(CC(C)C)CC(C)C)CC=3)cc(OC)c1OC. The second kappa shape index (κ2) is 16.0. The number of amides is 1. The van der Waals surface area contributed by atoms with Gasteiger partial charge >= 0.3 is 0 Å². The summed E-state index contributed by atoms with van der Waals surface area (Å²) in [6.07, 6.45) is 13.4. The molecule has 1 aromatic heterocycles. The van der Waals surface area contributed by atoms with Crippen LogP contribution in [0.5, 0.6) is 17.2 Å². The Kier molecular flexibility index (Phi) is 12.2. The van der Waals surface area contributed by atoms with Crippen LogP contribution in [0, 0.1) is 17.8 Å². The van der Waals surface area contributed by atoms with Crippen molar-refractivity contribution in [3.8, 4) is 17.2 Å². The number of anilines is 2. The van der Waals surface area contributed by atoms with Gasteiger partial charge < -0.3 is 34.3 Å². The highest BCUT2D eigenvalue weighted by atomic mass is 16.5. The molecule has 1 amide bonds. The lowest BCUT2D eigenvalue weighted by molar-refractivity contribution is -0.128. The number of carbonyl (C=O) groups is 1. The number of fused-ring (bicyclic) bond motifs is 1. The highest BCUT2D eigenvalue weighted by molar-refractivity contribution is 5.95. The fraction of sp³-hybridized carbons (Fsp3) is 0.600. The van der Waals surface area contributed by atoms with Gasteiger partial charge in [0.2, 0.25) is 17.6 Å². The van der Waals surface area contributed by atoms with Crippen molar-refractivity contribution in [2.45, 2.75) is 72.8 Å². The molecule has 0 radical (unpaired) electrons. The van der Waals surface area contributed by atoms with Gasteiger partial charge in [0.05, 0.1) is 32.0 Å². The average molecular weight is 608 g/mol. The van der Waals surface area contributed by atoms with Crippen LogP contribution in [0.3, 0.4) is 0 Å². The minimum absolute atomic E-state index is 0.113. The van der Waals surface area contributed by atoms with Gasteiger partial charge in [-0.1, -0.05) is 59.1 Å². The predicted octanol–water partition coefficient (Wildman–Crippen LogP) is 4.85. The summed E-state index contributed by atoms with van der Waals surface area (Å²) < 4.78 is 18.9. The average Bonchev–Trinajstić information content (AvgIpc) is 3.18. The number of carbonyl (C=O) groups excluding carboxylic acids is 1. The summed E-state index contributed by atoms with van der Waals surface area (Å²) in [6, 6.07) is 3.77. The number of imidazole rings is 1. The zero-order chi connectivity index (χ0) is 31.6. The Morgan fingerprint density at radius 3 is 2.23 bits per heavy atom. The monoisotopic (exact) mass is 607 g/mol. The molecule has 0 bridgehead atoms. The lowest BCUT2D eigenvalue weighted by atomic mass is 9.89. The summed E-state index contributed by atoms with van der Waals surface area (Å²) in [7, 11) is 4.82. The van der Waals surface area contributed by atoms with E-state index in [0.29, 0.717) is 35.5 Å². The van der Waals surface area contributed by atoms with Crippen molar-refractivity contribution < 1.29 is 19.0 Å². The van der Waals surface area contributed by atoms with Crippen molar-refractivity contribution in [1.82, 2.24) is 19.8 Å². The van der Waals surface area contributed by atoms with Gasteiger partial charge in [-0.25, -0.2) is 4.98 Å². The maximum Gasteiger partial charge on any atom is 0.250 e. The van der Waals surface area contributed by atoms with E-state index in [1.54, 1.807) is 21.3 Å². The minimum atomic E-state index is 0.113. The second-order valence-corrected chi connectivity index (χ2v) is 12.9. The number of rotatable bonds is 15. The van der Waals surface area contributed by atoms with Crippen LogP contribution in [0.2, 0.25) is 0 Å². The second-order valence-electron chi connectivity index (χ2n) is 12.9. The molecular formula is C35H53N5O4. The summed E-state index contributed by atoms with van der Waals surface area (Å²) in [4.78, 5) is 20.7. The van der Waals surface area contributed by atoms with E-state index < -0.39 is 0 Å². The van der Waals surface area contributed by atoms with Gasteiger partial charge in [0.15, 0.2) is 11.5 Å². The predicted molar refractivity (Wildman–Crippen MR) is 178 cm³/mol. The molecule has 0 unspecified atom stereocenters. The number of allylic oxidation sites excluding steroid dienone is 1. The quantitative estimate of drug-likeness (QED) is 0.280. The molecule has 2 N–H and O–H groups in total. The Bertz CT molecular complexity index is 1370. The topological polar surface area (TPSA) is 89.9 Å². The first-order valence-corrected chi connectivity index (χ1v) is 16.3. The Morgan fingerprint density at radius 2 is 1.64 bits per heavy atom. The Balaban J connectivity index is 1.65. The fourth-order valence-corrected chi connectivity index (χ4v) is 6.24. The van der Waals surface area contributed by atoms with E-state index in [4.69, 9.17) is 19.2 Å². The fourth-order valence-electron chi connectivity index (χ4n) is 6.24. The van der Waals surface area contributed by atoms with E-state index in [2.05, 4.69) is 55.0 Å². The third-order valence-corrected chi connectivity index (χ3v) is 8.32. The van der Waals surface area contributed by atoms with Crippen molar-refractivity contribution in [2.75, 3.05) is 52.8 Å². The molecule has 9 heteroatoms. The first-order valence-electron chi connectivity index (χ1n) is 16.3. The Labute approximate surface area is 263 Å². The third-order valence-electron chi connectivity index (χ3n) is 8.32. The molecule has 1 aromatic carbocycles. The summed E-state index contributed by atoms with van der Waals surface area (Å²) in [5.74, 6) is 4.09. The van der Waals surface area contributed by atoms with Gasteiger partial charge in [-0.2, -0.15) is 0 Å². The zero-order valence-corrected chi connectivity index (χ0v) is 27.9. The van der Waals surface area contributed by atoms with Crippen molar-refractivity contribution in [3.63, 3.8) is 0 Å². The Hall–Kier alpha value is -3.46. The number of benzene rings is 1. The molecule has 2 aliphatic carbocycles. The molecule has 0 aliphatic heterocycles. The number of hydrogen-bond donors (Lipinski definition) is 2. The van der Waals surface area contributed by atoms with Gasteiger partial charge in [-0.15, -0.1) is 0 Å². The summed E-state index contributed by atoms with van der Waals surface area (Å²) in [5.41, 5.74) is 1.57. The number of hydrogen-bond acceptors (Lipinski definition) is 7. The number of nitrogens with one attached hydrogen (secondary N) is 2. The highest BCUT2D eigenvalue weighted by Crippen LogP contribution is 2.40. The first-order chi connectivity index (χ1) is 21.2. The van der Waals surface area contributed by atoms with Crippen LogP contribution < -0.4 is 35.5 Å². The molecule has 2 aromatic rings. The van der Waals surface area contributed by atoms with Crippen LogP contribution in [-0.4, -0.2) is 67.9 Å². The Morgan fingerprint density at radius 1 is 0.977 bits per heavy atom. The van der Waals surface area contributed by atoms with Gasteiger partial charge in [-0.05, 0) is 49.6 Å². The molecule has 44 heavy (non-hydrogen) atoms. The summed E-state index contributed by atoms with van der Waals surface area (Å²) in [5, 5.41) is 9.07. The number of aromatic nitrogens is 2. The molecule has 2 aliphatic rings. The maximum atomic E-state index is 13.7. The van der Waals surface area contributed by atoms with Crippen molar-refractivity contribution in [1.29, 1.82) is 0 Å². The standard InChI is InChI=1S/C35H53N5O4/c1-24(2)22-39(23-25(3)4)34(41)27-13-15-29-30(16-14-27)40(18-17-36-21-26-11-9-8-10-12-26)35(38-29)37-28-19-31(42-5)33(44-7)32(20-28)43-6/h14-16,19-20,24-26,36H,8-13,17-18,21-23H2,1-7H3,(H,37,38). The highest BCUT2D eigenvalue weighted by Gasteiger charge is 2.21. The van der Waals surface area contributed by atoms with Crippen molar-refractivity contribution in [2.24, 2.45) is 17.8 Å². The van der Waals surface area contributed by atoms with Gasteiger partial charge in [0.1, 0.15) is 0 Å². The van der Waals surface area contributed by atoms with E-state index in [9.17, 15) is 4.79 Å². The van der Waals surface area contributed by atoms with Gasteiger partial charge in [-0.3, -0.25) is 4.79 Å². The number of nitrogens with zero attached hydrogens (tertiary/aromatic N) is 3. The molecular weight excluding hydrogens is 554 g/mol. The lowest BCUT2D eigenvalue weighted by Gasteiger charge is -2.27. The van der Waals surface area contributed by atoms with Crippen LogP contribution in [-0.2, 0) is 11.3 Å². The van der Waals surface area contributed by atoms with Crippen LogP contribution >= 0.6 is 0 Å².